The van der Waals surface area contributed by atoms with Crippen LogP contribution in [-0.4, -0.2) is 25.6 Å². The molecule has 0 fully saturated rings. The first-order chi connectivity index (χ1) is 14.1. The molecule has 0 spiro atoms. The number of hydrazone groups is 1. The van der Waals surface area contributed by atoms with E-state index < -0.39 is 0 Å². The Morgan fingerprint density at radius 3 is 2.41 bits per heavy atom. The number of carbonyl (C=O) groups is 1. The molecule has 0 bridgehead atoms. The average molecular weight is 383 g/mol. The zero-order valence-electron chi connectivity index (χ0n) is 16.8. The van der Waals surface area contributed by atoms with Crippen LogP contribution in [0.15, 0.2) is 84.0 Å². The van der Waals surface area contributed by atoms with E-state index in [0.29, 0.717) is 0 Å². The summed E-state index contributed by atoms with van der Waals surface area (Å²) in [5.41, 5.74) is 5.54. The van der Waals surface area contributed by atoms with Crippen molar-refractivity contribution in [2.45, 2.75) is 13.3 Å². The van der Waals surface area contributed by atoms with E-state index in [9.17, 15) is 4.79 Å². The van der Waals surface area contributed by atoms with E-state index in [1.54, 1.807) is 6.92 Å². The van der Waals surface area contributed by atoms with Crippen LogP contribution >= 0.6 is 0 Å². The highest BCUT2D eigenvalue weighted by Gasteiger charge is 2.28. The van der Waals surface area contributed by atoms with Gasteiger partial charge in [-0.3, -0.25) is 9.80 Å². The van der Waals surface area contributed by atoms with Crippen LogP contribution in [0.2, 0.25) is 0 Å². The molecule has 0 radical (unpaired) electrons. The van der Waals surface area contributed by atoms with Gasteiger partial charge in [0, 0.05) is 30.9 Å². The van der Waals surface area contributed by atoms with Gasteiger partial charge in [-0.1, -0.05) is 42.5 Å². The van der Waals surface area contributed by atoms with Crippen LogP contribution in [0, 0.1) is 5.92 Å². The van der Waals surface area contributed by atoms with Crippen molar-refractivity contribution in [3.05, 3.63) is 90.0 Å². The highest BCUT2D eigenvalue weighted by atomic mass is 16.1. The number of ketones is 1. The molecule has 4 rings (SSSR count). The second-order valence-electron chi connectivity index (χ2n) is 7.45. The Morgan fingerprint density at radius 2 is 1.72 bits per heavy atom. The van der Waals surface area contributed by atoms with Gasteiger partial charge in [0.1, 0.15) is 5.78 Å². The first-order valence-electron chi connectivity index (χ1n) is 9.90. The highest BCUT2D eigenvalue weighted by molar-refractivity contribution is 5.85. The smallest absolute Gasteiger partial charge is 0.135 e. The summed E-state index contributed by atoms with van der Waals surface area (Å²) >= 11 is 0. The molecule has 0 aliphatic carbocycles. The fraction of sp³-hybridized carbons (Fsp3) is 0.200. The number of anilines is 3. The topological polar surface area (TPSA) is 35.9 Å². The second kappa shape index (κ2) is 8.31. The van der Waals surface area contributed by atoms with Crippen LogP contribution in [0.5, 0.6) is 0 Å². The molecule has 0 aromatic heterocycles. The summed E-state index contributed by atoms with van der Waals surface area (Å²) in [5.74, 6) is 0.237. The lowest BCUT2D eigenvalue weighted by atomic mass is 9.88. The van der Waals surface area contributed by atoms with Crippen molar-refractivity contribution in [1.82, 2.24) is 0 Å². The first kappa shape index (κ1) is 18.9. The standard InChI is InChI=1S/C25H25N3O/c1-19(29)22-16-21-15-20(17-26-27(2)23-9-5-3-6-10-23)13-14-25(21)28(18-22)24-11-7-4-8-12-24/h3-15,17,22H,16,18H2,1-2H3. The molecule has 1 unspecified atom stereocenters. The Bertz CT molecular complexity index is 1010. The lowest BCUT2D eigenvalue weighted by Gasteiger charge is -2.35. The third-order valence-electron chi connectivity index (χ3n) is 5.42. The van der Waals surface area contributed by atoms with Gasteiger partial charge in [-0.05, 0) is 60.9 Å². The monoisotopic (exact) mass is 383 g/mol. The number of hydrogen-bond donors (Lipinski definition) is 0. The SMILES string of the molecule is CC(=O)C1Cc2cc(C=NN(C)c3ccccc3)ccc2N(c2ccccc2)C1. The van der Waals surface area contributed by atoms with Crippen molar-refractivity contribution in [1.29, 1.82) is 0 Å². The molecule has 0 N–H and O–H groups in total. The van der Waals surface area contributed by atoms with Gasteiger partial charge in [-0.2, -0.15) is 5.10 Å². The van der Waals surface area contributed by atoms with E-state index in [-0.39, 0.29) is 11.7 Å². The van der Waals surface area contributed by atoms with E-state index in [1.165, 1.54) is 11.3 Å². The summed E-state index contributed by atoms with van der Waals surface area (Å²) in [6.45, 7) is 2.41. The predicted octanol–water partition coefficient (Wildman–Crippen LogP) is 5.06. The van der Waals surface area contributed by atoms with Crippen molar-refractivity contribution in [3.63, 3.8) is 0 Å². The third kappa shape index (κ3) is 4.21. The number of nitrogens with zero attached hydrogens (tertiary/aromatic N) is 3. The largest absolute Gasteiger partial charge is 0.341 e. The maximum Gasteiger partial charge on any atom is 0.135 e. The molecule has 1 atom stereocenters. The number of carbonyl (C=O) groups excluding carboxylic acids is 1. The van der Waals surface area contributed by atoms with Crippen molar-refractivity contribution < 1.29 is 4.79 Å². The maximum atomic E-state index is 12.2. The fourth-order valence-corrected chi connectivity index (χ4v) is 3.75. The summed E-state index contributed by atoms with van der Waals surface area (Å²) < 4.78 is 0. The van der Waals surface area contributed by atoms with Gasteiger partial charge in [-0.25, -0.2) is 0 Å². The number of Topliss-reactive ketones (excluding diaryl/α,β-unsaturated/α-hetero) is 1. The van der Waals surface area contributed by atoms with Gasteiger partial charge in [0.25, 0.3) is 0 Å². The summed E-state index contributed by atoms with van der Waals surface area (Å²) in [7, 11) is 1.94. The molecule has 3 aromatic rings. The van der Waals surface area contributed by atoms with Crippen LogP contribution in [0.4, 0.5) is 17.1 Å². The number of fused-ring (bicyclic) bond motifs is 1. The predicted molar refractivity (Wildman–Crippen MR) is 120 cm³/mol. The Labute approximate surface area is 172 Å². The molecule has 0 saturated carbocycles. The minimum absolute atomic E-state index is 0.00175. The Morgan fingerprint density at radius 1 is 1.03 bits per heavy atom. The molecule has 1 aliphatic rings. The van der Waals surface area contributed by atoms with E-state index in [0.717, 1.165) is 29.9 Å². The van der Waals surface area contributed by atoms with Crippen LogP contribution in [0.1, 0.15) is 18.1 Å². The number of para-hydroxylation sites is 2. The van der Waals surface area contributed by atoms with Crippen molar-refractivity contribution in [3.8, 4) is 0 Å². The molecule has 29 heavy (non-hydrogen) atoms. The van der Waals surface area contributed by atoms with E-state index in [4.69, 9.17) is 0 Å². The number of hydrogen-bond acceptors (Lipinski definition) is 4. The Hall–Kier alpha value is -3.40. The zero-order valence-corrected chi connectivity index (χ0v) is 16.8. The third-order valence-corrected chi connectivity index (χ3v) is 5.42. The zero-order chi connectivity index (χ0) is 20.2. The van der Waals surface area contributed by atoms with Gasteiger partial charge in [0.15, 0.2) is 0 Å². The summed E-state index contributed by atoms with van der Waals surface area (Å²) in [4.78, 5) is 14.4. The van der Waals surface area contributed by atoms with Crippen LogP contribution in [-0.2, 0) is 11.2 Å². The molecule has 146 valence electrons. The van der Waals surface area contributed by atoms with Gasteiger partial charge in [-0.15, -0.1) is 0 Å². The van der Waals surface area contributed by atoms with E-state index in [1.807, 2.05) is 66.8 Å². The summed E-state index contributed by atoms with van der Waals surface area (Å²) in [6.07, 6.45) is 2.64. The summed E-state index contributed by atoms with van der Waals surface area (Å²) in [5, 5.41) is 6.43. The minimum atomic E-state index is 0.00175. The molecule has 1 heterocycles. The van der Waals surface area contributed by atoms with Crippen LogP contribution < -0.4 is 9.91 Å². The van der Waals surface area contributed by atoms with Gasteiger partial charge < -0.3 is 4.90 Å². The number of benzene rings is 3. The average Bonchev–Trinajstić information content (AvgIpc) is 2.77. The molecular weight excluding hydrogens is 358 g/mol. The summed E-state index contributed by atoms with van der Waals surface area (Å²) in [6, 6.07) is 26.7. The molecule has 1 aliphatic heterocycles. The van der Waals surface area contributed by atoms with Gasteiger partial charge >= 0.3 is 0 Å². The fourth-order valence-electron chi connectivity index (χ4n) is 3.75. The normalized spacial score (nSPS) is 15.9. The highest BCUT2D eigenvalue weighted by Crippen LogP contribution is 2.36. The second-order valence-corrected chi connectivity index (χ2v) is 7.45. The molecule has 0 amide bonds. The van der Waals surface area contributed by atoms with Crippen molar-refractivity contribution >= 4 is 29.1 Å². The van der Waals surface area contributed by atoms with Crippen LogP contribution in [0.3, 0.4) is 0 Å². The maximum absolute atomic E-state index is 12.2. The quantitative estimate of drug-likeness (QED) is 0.457. The minimum Gasteiger partial charge on any atom is -0.341 e. The molecule has 4 nitrogen and oxygen atoms in total. The Kier molecular flexibility index (Phi) is 5.43. The lowest BCUT2D eigenvalue weighted by Crippen LogP contribution is -2.35. The molecule has 0 saturated heterocycles. The lowest BCUT2D eigenvalue weighted by molar-refractivity contribution is -0.120. The van der Waals surface area contributed by atoms with E-state index in [2.05, 4.69) is 40.3 Å². The first-order valence-corrected chi connectivity index (χ1v) is 9.90. The Balaban J connectivity index is 1.63. The van der Waals surface area contributed by atoms with Crippen LogP contribution in [0.25, 0.3) is 0 Å². The molecular formula is C25H25N3O. The van der Waals surface area contributed by atoms with E-state index >= 15 is 0 Å². The van der Waals surface area contributed by atoms with Crippen molar-refractivity contribution in [2.24, 2.45) is 11.0 Å². The van der Waals surface area contributed by atoms with Gasteiger partial charge in [0.05, 0.1) is 11.9 Å². The van der Waals surface area contributed by atoms with Crippen molar-refractivity contribution in [2.75, 3.05) is 23.5 Å². The van der Waals surface area contributed by atoms with Gasteiger partial charge in [0.2, 0.25) is 0 Å². The molecule has 3 aromatic carbocycles. The molecule has 4 heteroatoms. The number of rotatable bonds is 5.